The summed E-state index contributed by atoms with van der Waals surface area (Å²) in [4.78, 5) is 17.4. The lowest BCUT2D eigenvalue weighted by Crippen LogP contribution is -2.47. The fourth-order valence-corrected chi connectivity index (χ4v) is 1.36. The third-order valence-electron chi connectivity index (χ3n) is 2.69. The first-order valence-corrected chi connectivity index (χ1v) is 5.47. The number of aromatic nitrogens is 1. The van der Waals surface area contributed by atoms with Gasteiger partial charge in [-0.25, -0.2) is 4.98 Å². The van der Waals surface area contributed by atoms with Crippen LogP contribution in [0.25, 0.3) is 0 Å². The van der Waals surface area contributed by atoms with Gasteiger partial charge < -0.3 is 15.7 Å². The molecule has 0 fully saturated rings. The Morgan fingerprint density at radius 2 is 2.24 bits per heavy atom. The number of anilines is 1. The van der Waals surface area contributed by atoms with Crippen molar-refractivity contribution in [2.24, 2.45) is 0 Å². The first-order valence-electron chi connectivity index (χ1n) is 5.09. The summed E-state index contributed by atoms with van der Waals surface area (Å²) in [6, 6.07) is 1.47. The summed E-state index contributed by atoms with van der Waals surface area (Å²) < 4.78 is 0. The fraction of sp³-hybridized carbons (Fsp3) is 0.455. The molecule has 0 saturated carbocycles. The maximum Gasteiger partial charge on any atom is 0.257 e. The molecule has 0 bridgehead atoms. The summed E-state index contributed by atoms with van der Waals surface area (Å²) in [5.74, 6) is -0.325. The molecule has 3 N–H and O–H groups in total. The SMILES string of the molecule is CN(C(=O)c1cc(N)cnc1Cl)C(C)(C)CO. The van der Waals surface area contributed by atoms with Gasteiger partial charge in [-0.3, -0.25) is 4.79 Å². The predicted molar refractivity (Wildman–Crippen MR) is 66.9 cm³/mol. The Morgan fingerprint density at radius 1 is 1.65 bits per heavy atom. The van der Waals surface area contributed by atoms with Crippen molar-refractivity contribution < 1.29 is 9.90 Å². The van der Waals surface area contributed by atoms with E-state index >= 15 is 0 Å². The van der Waals surface area contributed by atoms with Crippen LogP contribution in [-0.2, 0) is 0 Å². The lowest BCUT2D eigenvalue weighted by atomic mass is 10.0. The molecule has 1 aromatic rings. The largest absolute Gasteiger partial charge is 0.397 e. The van der Waals surface area contributed by atoms with E-state index in [2.05, 4.69) is 4.98 Å². The molecule has 0 radical (unpaired) electrons. The Kier molecular flexibility index (Phi) is 3.95. The minimum atomic E-state index is -0.676. The number of aliphatic hydroxyl groups excluding tert-OH is 1. The van der Waals surface area contributed by atoms with Crippen molar-refractivity contribution in [3.63, 3.8) is 0 Å². The maximum absolute atomic E-state index is 12.2. The molecule has 0 aliphatic heterocycles. The van der Waals surface area contributed by atoms with E-state index in [4.69, 9.17) is 17.3 Å². The molecule has 5 nitrogen and oxygen atoms in total. The van der Waals surface area contributed by atoms with Gasteiger partial charge in [0, 0.05) is 7.05 Å². The normalized spacial score (nSPS) is 11.4. The molecule has 0 unspecified atom stereocenters. The highest BCUT2D eigenvalue weighted by molar-refractivity contribution is 6.32. The molecule has 1 amide bonds. The van der Waals surface area contributed by atoms with Crippen LogP contribution in [0.3, 0.4) is 0 Å². The smallest absolute Gasteiger partial charge is 0.257 e. The molecule has 1 heterocycles. The van der Waals surface area contributed by atoms with Gasteiger partial charge in [0.15, 0.2) is 0 Å². The van der Waals surface area contributed by atoms with Crippen molar-refractivity contribution in [2.75, 3.05) is 19.4 Å². The molecule has 1 aromatic heterocycles. The highest BCUT2D eigenvalue weighted by Crippen LogP contribution is 2.21. The van der Waals surface area contributed by atoms with Gasteiger partial charge in [-0.05, 0) is 19.9 Å². The van der Waals surface area contributed by atoms with Crippen molar-refractivity contribution >= 4 is 23.2 Å². The lowest BCUT2D eigenvalue weighted by Gasteiger charge is -2.34. The summed E-state index contributed by atoms with van der Waals surface area (Å²) >= 11 is 5.85. The molecule has 1 rings (SSSR count). The van der Waals surface area contributed by atoms with Crippen LogP contribution < -0.4 is 5.73 Å². The lowest BCUT2D eigenvalue weighted by molar-refractivity contribution is 0.0473. The molecular formula is C11H16ClN3O2. The van der Waals surface area contributed by atoms with Crippen LogP contribution in [-0.4, -0.2) is 40.1 Å². The number of pyridine rings is 1. The van der Waals surface area contributed by atoms with Gasteiger partial charge in [0.2, 0.25) is 0 Å². The standard InChI is InChI=1S/C11H16ClN3O2/c1-11(2,6-16)15(3)10(17)8-4-7(13)5-14-9(8)12/h4-5,16H,6,13H2,1-3H3. The average Bonchev–Trinajstić information content (AvgIpc) is 2.30. The van der Waals surface area contributed by atoms with Crippen LogP contribution >= 0.6 is 11.6 Å². The number of nitrogens with zero attached hydrogens (tertiary/aromatic N) is 2. The number of aliphatic hydroxyl groups is 1. The summed E-state index contributed by atoms with van der Waals surface area (Å²) in [5.41, 5.74) is 5.49. The van der Waals surface area contributed by atoms with Gasteiger partial charge in [-0.2, -0.15) is 0 Å². The minimum Gasteiger partial charge on any atom is -0.397 e. The van der Waals surface area contributed by atoms with E-state index in [1.54, 1.807) is 20.9 Å². The third-order valence-corrected chi connectivity index (χ3v) is 2.99. The number of likely N-dealkylation sites (N-methyl/N-ethyl adjacent to an activating group) is 1. The predicted octanol–water partition coefficient (Wildman–Crippen LogP) is 1.16. The second-order valence-electron chi connectivity index (χ2n) is 4.44. The highest BCUT2D eigenvalue weighted by Gasteiger charge is 2.29. The van der Waals surface area contributed by atoms with Crippen LogP contribution in [0, 0.1) is 0 Å². The topological polar surface area (TPSA) is 79.5 Å². The number of halogens is 1. The number of hydrogen-bond acceptors (Lipinski definition) is 4. The molecule has 0 aliphatic carbocycles. The van der Waals surface area contributed by atoms with Gasteiger partial charge in [-0.15, -0.1) is 0 Å². The van der Waals surface area contributed by atoms with Crippen molar-refractivity contribution in [1.82, 2.24) is 9.88 Å². The van der Waals surface area contributed by atoms with E-state index in [9.17, 15) is 9.90 Å². The van der Waals surface area contributed by atoms with Crippen molar-refractivity contribution in [2.45, 2.75) is 19.4 Å². The zero-order valence-electron chi connectivity index (χ0n) is 10.1. The second-order valence-corrected chi connectivity index (χ2v) is 4.80. The molecule has 0 aromatic carbocycles. The number of amides is 1. The molecule has 17 heavy (non-hydrogen) atoms. The van der Waals surface area contributed by atoms with E-state index in [1.807, 2.05) is 0 Å². The number of hydrogen-bond donors (Lipinski definition) is 2. The van der Waals surface area contributed by atoms with E-state index in [0.29, 0.717) is 5.69 Å². The Balaban J connectivity index is 3.08. The van der Waals surface area contributed by atoms with E-state index in [-0.39, 0.29) is 23.2 Å². The van der Waals surface area contributed by atoms with Gasteiger partial charge in [0.05, 0.1) is 29.6 Å². The Labute approximate surface area is 105 Å². The Morgan fingerprint density at radius 3 is 2.76 bits per heavy atom. The Bertz CT molecular complexity index is 435. The van der Waals surface area contributed by atoms with Crippen molar-refractivity contribution in [3.8, 4) is 0 Å². The Hall–Kier alpha value is -1.33. The van der Waals surface area contributed by atoms with Crippen molar-refractivity contribution in [1.29, 1.82) is 0 Å². The van der Waals surface area contributed by atoms with Gasteiger partial charge in [0.1, 0.15) is 5.15 Å². The number of nitrogens with two attached hydrogens (primary N) is 1. The quantitative estimate of drug-likeness (QED) is 0.797. The first-order chi connectivity index (χ1) is 7.79. The van der Waals surface area contributed by atoms with Crippen LogP contribution in [0.15, 0.2) is 12.3 Å². The summed E-state index contributed by atoms with van der Waals surface area (Å²) in [5, 5.41) is 9.32. The van der Waals surface area contributed by atoms with Crippen molar-refractivity contribution in [3.05, 3.63) is 23.0 Å². The molecule has 0 spiro atoms. The molecular weight excluding hydrogens is 242 g/mol. The minimum absolute atomic E-state index is 0.102. The van der Waals surface area contributed by atoms with E-state index < -0.39 is 5.54 Å². The van der Waals surface area contributed by atoms with Crippen LogP contribution in [0.1, 0.15) is 24.2 Å². The fourth-order valence-electron chi connectivity index (χ4n) is 1.18. The summed E-state index contributed by atoms with van der Waals surface area (Å²) in [6.45, 7) is 3.35. The maximum atomic E-state index is 12.2. The zero-order chi connectivity index (χ0) is 13.2. The van der Waals surface area contributed by atoms with Gasteiger partial charge in [-0.1, -0.05) is 11.6 Å². The zero-order valence-corrected chi connectivity index (χ0v) is 10.8. The van der Waals surface area contributed by atoms with Crippen LogP contribution in [0.4, 0.5) is 5.69 Å². The van der Waals surface area contributed by atoms with Crippen LogP contribution in [0.2, 0.25) is 5.15 Å². The van der Waals surface area contributed by atoms with Gasteiger partial charge >= 0.3 is 0 Å². The van der Waals surface area contributed by atoms with Gasteiger partial charge in [0.25, 0.3) is 5.91 Å². The molecule has 6 heteroatoms. The number of carbonyl (C=O) groups is 1. The summed E-state index contributed by atoms with van der Waals surface area (Å²) in [7, 11) is 1.60. The molecule has 94 valence electrons. The first kappa shape index (κ1) is 13.7. The highest BCUT2D eigenvalue weighted by atomic mass is 35.5. The number of nitrogen functional groups attached to an aromatic ring is 1. The van der Waals surface area contributed by atoms with Crippen LogP contribution in [0.5, 0.6) is 0 Å². The third kappa shape index (κ3) is 2.87. The molecule has 0 aliphatic rings. The monoisotopic (exact) mass is 257 g/mol. The number of carbonyl (C=O) groups excluding carboxylic acids is 1. The van der Waals surface area contributed by atoms with E-state index in [1.165, 1.54) is 17.2 Å². The number of rotatable bonds is 3. The second kappa shape index (κ2) is 4.89. The molecule has 0 saturated heterocycles. The average molecular weight is 258 g/mol. The molecule has 0 atom stereocenters. The summed E-state index contributed by atoms with van der Waals surface area (Å²) in [6.07, 6.45) is 1.39. The van der Waals surface area contributed by atoms with E-state index in [0.717, 1.165) is 0 Å².